The van der Waals surface area contributed by atoms with Gasteiger partial charge >= 0.3 is 12.4 Å². The summed E-state index contributed by atoms with van der Waals surface area (Å²) in [4.78, 5) is 0. The summed E-state index contributed by atoms with van der Waals surface area (Å²) in [6, 6.07) is 1.07. The number of benzene rings is 1. The van der Waals surface area contributed by atoms with Gasteiger partial charge in [-0.15, -0.1) is 0 Å². The van der Waals surface area contributed by atoms with Crippen LogP contribution in [0.5, 0.6) is 0 Å². The molecule has 1 aromatic rings. The normalized spacial score (nSPS) is 12.9. The van der Waals surface area contributed by atoms with Gasteiger partial charge in [0.15, 0.2) is 21.2 Å². The number of rotatable bonds is 1. The van der Waals surface area contributed by atoms with E-state index in [0.29, 0.717) is 12.1 Å². The zero-order chi connectivity index (χ0) is 12.6. The molecule has 0 heterocycles. The summed E-state index contributed by atoms with van der Waals surface area (Å²) in [7, 11) is 0. The van der Waals surface area contributed by atoms with E-state index in [0.717, 1.165) is 0 Å². The Morgan fingerprint density at radius 3 is 1.88 bits per heavy atom. The SMILES string of the molecule is O=Ic1ccc(C(F)(F)F)cc1C(F)(F)F. The van der Waals surface area contributed by atoms with Crippen LogP contribution in [-0.4, -0.2) is 0 Å². The molecule has 1 aromatic carbocycles. The quantitative estimate of drug-likeness (QED) is 0.544. The largest absolute Gasteiger partial charge is 0.417 e. The van der Waals surface area contributed by atoms with Crippen LogP contribution in [0.15, 0.2) is 18.2 Å². The van der Waals surface area contributed by atoms with Crippen molar-refractivity contribution in [1.82, 2.24) is 0 Å². The fourth-order valence-electron chi connectivity index (χ4n) is 0.986. The van der Waals surface area contributed by atoms with E-state index in [1.54, 1.807) is 0 Å². The van der Waals surface area contributed by atoms with Crippen LogP contribution in [0.4, 0.5) is 26.3 Å². The van der Waals surface area contributed by atoms with E-state index in [-0.39, 0.29) is 6.07 Å². The predicted molar refractivity (Wildman–Crippen MR) is 49.8 cm³/mol. The van der Waals surface area contributed by atoms with Crippen LogP contribution >= 0.6 is 21.2 Å². The smallest absolute Gasteiger partial charge is 0.265 e. The first-order chi connectivity index (χ1) is 7.16. The standard InChI is InChI=1S/C8H3F6IO/c9-7(10,11)4-1-2-6(15-16)5(3-4)8(12,13)14/h1-3H. The Bertz CT molecular complexity index is 408. The molecule has 0 saturated carbocycles. The lowest BCUT2D eigenvalue weighted by molar-refractivity contribution is -0.143. The molecule has 0 aliphatic rings. The molecule has 0 aliphatic heterocycles. The Labute approximate surface area is 96.1 Å². The van der Waals surface area contributed by atoms with Gasteiger partial charge in [0, 0.05) is 0 Å². The first kappa shape index (κ1) is 13.4. The van der Waals surface area contributed by atoms with Gasteiger partial charge < -0.3 is 0 Å². The van der Waals surface area contributed by atoms with Gasteiger partial charge in [0.2, 0.25) is 0 Å². The van der Waals surface area contributed by atoms with E-state index >= 15 is 0 Å². The third-order valence-electron chi connectivity index (χ3n) is 1.68. The summed E-state index contributed by atoms with van der Waals surface area (Å²) in [5.74, 6) is 0. The number of alkyl halides is 6. The molecule has 16 heavy (non-hydrogen) atoms. The monoisotopic (exact) mass is 356 g/mol. The zero-order valence-electron chi connectivity index (χ0n) is 7.29. The Kier molecular flexibility index (Phi) is 3.60. The summed E-state index contributed by atoms with van der Waals surface area (Å²) in [6.07, 6.45) is -9.78. The van der Waals surface area contributed by atoms with Gasteiger partial charge in [0.05, 0.1) is 14.7 Å². The van der Waals surface area contributed by atoms with Crippen LogP contribution in [-0.2, 0) is 15.4 Å². The minimum atomic E-state index is -4.93. The lowest BCUT2D eigenvalue weighted by Gasteiger charge is -2.12. The van der Waals surface area contributed by atoms with E-state index in [1.807, 2.05) is 0 Å². The highest BCUT2D eigenvalue weighted by Crippen LogP contribution is 2.38. The highest BCUT2D eigenvalue weighted by atomic mass is 127. The van der Waals surface area contributed by atoms with Crippen molar-refractivity contribution in [2.24, 2.45) is 0 Å². The maximum atomic E-state index is 12.3. The molecule has 0 atom stereocenters. The fourth-order valence-corrected chi connectivity index (χ4v) is 2.01. The molecule has 0 radical (unpaired) electrons. The van der Waals surface area contributed by atoms with Crippen molar-refractivity contribution in [2.45, 2.75) is 12.4 Å². The predicted octanol–water partition coefficient (Wildman–Crippen LogP) is 4.21. The van der Waals surface area contributed by atoms with Gasteiger partial charge in [-0.25, -0.2) is 0 Å². The Hall–Kier alpha value is -0.670. The first-order valence-electron chi connectivity index (χ1n) is 3.72. The van der Waals surface area contributed by atoms with Gasteiger partial charge in [0.1, 0.15) is 0 Å². The lowest BCUT2D eigenvalue weighted by atomic mass is 10.1. The topological polar surface area (TPSA) is 17.1 Å². The molecular weight excluding hydrogens is 353 g/mol. The summed E-state index contributed by atoms with van der Waals surface area (Å²) in [5.41, 5.74) is -2.88. The van der Waals surface area contributed by atoms with E-state index < -0.39 is 48.2 Å². The maximum absolute atomic E-state index is 12.3. The summed E-state index contributed by atoms with van der Waals surface area (Å²) in [5, 5.41) is 0. The average molecular weight is 356 g/mol. The molecule has 0 bridgehead atoms. The van der Waals surface area contributed by atoms with E-state index in [2.05, 4.69) is 0 Å². The van der Waals surface area contributed by atoms with Crippen LogP contribution in [0.25, 0.3) is 0 Å². The average Bonchev–Trinajstić information content (AvgIpc) is 2.14. The minimum Gasteiger partial charge on any atom is -0.265 e. The third-order valence-corrected chi connectivity index (χ3v) is 3.10. The van der Waals surface area contributed by atoms with Crippen LogP contribution in [0.2, 0.25) is 0 Å². The highest BCUT2D eigenvalue weighted by Gasteiger charge is 2.38. The zero-order valence-corrected chi connectivity index (χ0v) is 9.44. The Balaban J connectivity index is 3.39. The minimum absolute atomic E-state index is 0.0209. The fraction of sp³-hybridized carbons (Fsp3) is 0.250. The molecular formula is C8H3F6IO. The molecule has 0 saturated heterocycles. The summed E-state index contributed by atoms with van der Waals surface area (Å²) >= 11 is -2.17. The second kappa shape index (κ2) is 4.30. The van der Waals surface area contributed by atoms with Crippen molar-refractivity contribution in [2.75, 3.05) is 0 Å². The van der Waals surface area contributed by atoms with Crippen molar-refractivity contribution < 1.29 is 29.4 Å². The molecule has 1 rings (SSSR count). The van der Waals surface area contributed by atoms with Crippen LogP contribution in [0.1, 0.15) is 11.1 Å². The molecule has 0 N–H and O–H groups in total. The number of hydrogen-bond acceptors (Lipinski definition) is 1. The Morgan fingerprint density at radius 2 is 1.50 bits per heavy atom. The van der Waals surface area contributed by atoms with Crippen LogP contribution in [0.3, 0.4) is 0 Å². The maximum Gasteiger partial charge on any atom is 0.417 e. The number of halogens is 7. The van der Waals surface area contributed by atoms with Crippen molar-refractivity contribution >= 4 is 21.2 Å². The van der Waals surface area contributed by atoms with Gasteiger partial charge in [-0.05, 0) is 18.2 Å². The molecule has 0 spiro atoms. The third kappa shape index (κ3) is 2.92. The first-order valence-corrected chi connectivity index (χ1v) is 5.67. The molecule has 90 valence electrons. The van der Waals surface area contributed by atoms with Crippen LogP contribution in [0, 0.1) is 3.57 Å². The molecule has 0 amide bonds. The van der Waals surface area contributed by atoms with Crippen molar-refractivity contribution in [3.63, 3.8) is 0 Å². The van der Waals surface area contributed by atoms with E-state index in [1.165, 1.54) is 0 Å². The van der Waals surface area contributed by atoms with Gasteiger partial charge in [-0.3, -0.25) is 3.07 Å². The van der Waals surface area contributed by atoms with Crippen LogP contribution < -0.4 is 0 Å². The highest BCUT2D eigenvalue weighted by molar-refractivity contribution is 14.1. The summed E-state index contributed by atoms with van der Waals surface area (Å²) in [6.45, 7) is 0. The molecule has 0 aromatic heterocycles. The second-order valence-electron chi connectivity index (χ2n) is 2.77. The van der Waals surface area contributed by atoms with Crippen molar-refractivity contribution in [3.05, 3.63) is 32.9 Å². The van der Waals surface area contributed by atoms with Crippen molar-refractivity contribution in [3.8, 4) is 0 Å². The van der Waals surface area contributed by atoms with Gasteiger partial charge in [-0.1, -0.05) is 0 Å². The molecule has 0 aliphatic carbocycles. The number of hydrogen-bond donors (Lipinski definition) is 0. The van der Waals surface area contributed by atoms with E-state index in [4.69, 9.17) is 0 Å². The van der Waals surface area contributed by atoms with Crippen molar-refractivity contribution in [1.29, 1.82) is 0 Å². The lowest BCUT2D eigenvalue weighted by Crippen LogP contribution is -2.12. The Morgan fingerprint density at radius 1 is 0.938 bits per heavy atom. The second-order valence-corrected chi connectivity index (χ2v) is 4.37. The molecule has 0 fully saturated rings. The molecule has 1 nitrogen and oxygen atoms in total. The molecule has 8 heteroatoms. The van der Waals surface area contributed by atoms with Gasteiger partial charge in [0.25, 0.3) is 0 Å². The van der Waals surface area contributed by atoms with Gasteiger partial charge in [-0.2, -0.15) is 26.3 Å². The van der Waals surface area contributed by atoms with E-state index in [9.17, 15) is 29.4 Å². The summed E-state index contributed by atoms with van der Waals surface area (Å²) < 4.78 is 83.3. The molecule has 0 unspecified atom stereocenters.